The number of benzene rings is 1. The number of hydrogen-bond acceptors (Lipinski definition) is 6. The Hall–Kier alpha value is -3.72. The second kappa shape index (κ2) is 7.84. The van der Waals surface area contributed by atoms with Crippen LogP contribution >= 0.6 is 15.9 Å². The highest BCUT2D eigenvalue weighted by Gasteiger charge is 2.34. The number of fused-ring (bicyclic) bond motifs is 1. The van der Waals surface area contributed by atoms with Crippen molar-refractivity contribution in [3.63, 3.8) is 0 Å². The van der Waals surface area contributed by atoms with E-state index in [1.165, 1.54) is 0 Å². The van der Waals surface area contributed by atoms with Crippen molar-refractivity contribution in [2.75, 3.05) is 10.6 Å². The molecule has 3 aromatic heterocycles. The van der Waals surface area contributed by atoms with E-state index < -0.39 is 6.04 Å². The zero-order valence-corrected chi connectivity index (χ0v) is 18.0. The van der Waals surface area contributed by atoms with E-state index in [2.05, 4.69) is 41.6 Å². The van der Waals surface area contributed by atoms with Gasteiger partial charge in [-0.05, 0) is 48.9 Å². The van der Waals surface area contributed by atoms with E-state index in [9.17, 15) is 4.79 Å². The van der Waals surface area contributed by atoms with Crippen molar-refractivity contribution < 1.29 is 9.21 Å². The smallest absolute Gasteiger partial charge is 0.255 e. The van der Waals surface area contributed by atoms with Gasteiger partial charge in [-0.25, -0.2) is 4.68 Å². The number of furan rings is 1. The lowest BCUT2D eigenvalue weighted by molar-refractivity contribution is -0.113. The maximum atomic E-state index is 13.3. The van der Waals surface area contributed by atoms with Crippen molar-refractivity contribution in [3.8, 4) is 11.6 Å². The lowest BCUT2D eigenvalue weighted by atomic mass is 9.95. The van der Waals surface area contributed by atoms with Gasteiger partial charge in [0, 0.05) is 16.4 Å². The minimum Gasteiger partial charge on any atom is -0.461 e. The van der Waals surface area contributed by atoms with Crippen LogP contribution in [0.15, 0.2) is 87.3 Å². The van der Waals surface area contributed by atoms with E-state index in [1.807, 2.05) is 31.2 Å². The van der Waals surface area contributed by atoms with E-state index in [1.54, 1.807) is 47.6 Å². The van der Waals surface area contributed by atoms with E-state index >= 15 is 0 Å². The van der Waals surface area contributed by atoms with Crippen molar-refractivity contribution in [2.24, 2.45) is 0 Å². The van der Waals surface area contributed by atoms with Crippen LogP contribution in [0, 0.1) is 0 Å². The third-order valence-corrected chi connectivity index (χ3v) is 5.47. The molecule has 1 amide bonds. The average molecular weight is 477 g/mol. The topological polar surface area (TPSA) is 97.9 Å². The van der Waals surface area contributed by atoms with Crippen LogP contribution in [0.2, 0.25) is 0 Å². The fourth-order valence-corrected chi connectivity index (χ4v) is 3.81. The quantitative estimate of drug-likeness (QED) is 0.445. The van der Waals surface area contributed by atoms with Crippen LogP contribution in [0.4, 0.5) is 11.6 Å². The molecule has 1 aliphatic heterocycles. The summed E-state index contributed by atoms with van der Waals surface area (Å²) < 4.78 is 8.12. The van der Waals surface area contributed by atoms with Gasteiger partial charge in [0.1, 0.15) is 6.04 Å². The Labute approximate surface area is 186 Å². The number of amides is 1. The van der Waals surface area contributed by atoms with Gasteiger partial charge in [0.05, 0.1) is 23.7 Å². The number of aromatic nitrogens is 4. The predicted molar refractivity (Wildman–Crippen MR) is 119 cm³/mol. The molecule has 0 bridgehead atoms. The molecule has 0 fully saturated rings. The number of anilines is 2. The zero-order valence-electron chi connectivity index (χ0n) is 16.4. The first-order valence-electron chi connectivity index (χ1n) is 9.55. The fraction of sp³-hybridized carbons (Fsp3) is 0.0909. The molecular formula is C22H17BrN6O2. The molecule has 2 N–H and O–H groups in total. The molecule has 4 heterocycles. The molecule has 9 heteroatoms. The number of rotatable bonds is 4. The molecule has 0 spiro atoms. The molecule has 5 rings (SSSR count). The summed E-state index contributed by atoms with van der Waals surface area (Å²) in [5.74, 6) is 1.29. The number of carbonyl (C=O) groups excluding carboxylic acids is 1. The van der Waals surface area contributed by atoms with Gasteiger partial charge in [-0.2, -0.15) is 4.98 Å². The normalized spacial score (nSPS) is 15.4. The molecule has 0 radical (unpaired) electrons. The van der Waals surface area contributed by atoms with Gasteiger partial charge >= 0.3 is 0 Å². The Bertz CT molecular complexity index is 1260. The van der Waals surface area contributed by atoms with E-state index in [0.717, 1.165) is 10.0 Å². The molecule has 1 aromatic carbocycles. The maximum Gasteiger partial charge on any atom is 0.255 e. The predicted octanol–water partition coefficient (Wildman–Crippen LogP) is 4.62. The Kier molecular flexibility index (Phi) is 4.87. The van der Waals surface area contributed by atoms with Gasteiger partial charge in [0.25, 0.3) is 5.91 Å². The van der Waals surface area contributed by atoms with Crippen LogP contribution in [0.1, 0.15) is 18.5 Å². The summed E-state index contributed by atoms with van der Waals surface area (Å²) in [4.78, 5) is 22.0. The Morgan fingerprint density at radius 1 is 1.19 bits per heavy atom. The lowest BCUT2D eigenvalue weighted by Gasteiger charge is -2.28. The van der Waals surface area contributed by atoms with Crippen molar-refractivity contribution >= 4 is 33.5 Å². The summed E-state index contributed by atoms with van der Waals surface area (Å²) in [6.07, 6.45) is 4.84. The van der Waals surface area contributed by atoms with Crippen LogP contribution in [0.5, 0.6) is 0 Å². The summed E-state index contributed by atoms with van der Waals surface area (Å²) in [5, 5.41) is 10.8. The summed E-state index contributed by atoms with van der Waals surface area (Å²) in [6.45, 7) is 1.86. The first-order chi connectivity index (χ1) is 15.1. The molecular weight excluding hydrogens is 460 g/mol. The Morgan fingerprint density at radius 3 is 2.74 bits per heavy atom. The van der Waals surface area contributed by atoms with E-state index in [0.29, 0.717) is 34.5 Å². The molecule has 0 saturated heterocycles. The first-order valence-corrected chi connectivity index (χ1v) is 10.3. The first kappa shape index (κ1) is 19.3. The monoisotopic (exact) mass is 476 g/mol. The van der Waals surface area contributed by atoms with Crippen LogP contribution < -0.4 is 10.6 Å². The molecule has 1 atom stereocenters. The van der Waals surface area contributed by atoms with Gasteiger partial charge in [-0.3, -0.25) is 9.78 Å². The number of pyridine rings is 1. The second-order valence-electron chi connectivity index (χ2n) is 6.99. The van der Waals surface area contributed by atoms with Crippen molar-refractivity contribution in [1.29, 1.82) is 0 Å². The van der Waals surface area contributed by atoms with Crippen LogP contribution in [-0.4, -0.2) is 25.7 Å². The van der Waals surface area contributed by atoms with Crippen LogP contribution in [0.3, 0.4) is 0 Å². The van der Waals surface area contributed by atoms with Crippen molar-refractivity contribution in [3.05, 3.63) is 88.5 Å². The largest absolute Gasteiger partial charge is 0.461 e. The maximum absolute atomic E-state index is 13.3. The summed E-state index contributed by atoms with van der Waals surface area (Å²) in [6, 6.07) is 14.5. The van der Waals surface area contributed by atoms with E-state index in [4.69, 9.17) is 4.42 Å². The number of carbonyl (C=O) groups is 1. The molecule has 31 heavy (non-hydrogen) atoms. The van der Waals surface area contributed by atoms with Gasteiger partial charge < -0.3 is 15.1 Å². The van der Waals surface area contributed by atoms with Gasteiger partial charge in [-0.15, -0.1) is 5.10 Å². The number of halogens is 1. The molecule has 0 saturated carbocycles. The van der Waals surface area contributed by atoms with Crippen LogP contribution in [-0.2, 0) is 4.79 Å². The SMILES string of the molecule is CC1=C(C(=O)Nc2cccnc2)[C@H](c2ccc(Br)cc2)n2nc(-c3ccco3)nc2N1. The van der Waals surface area contributed by atoms with Crippen molar-refractivity contribution in [2.45, 2.75) is 13.0 Å². The summed E-state index contributed by atoms with van der Waals surface area (Å²) >= 11 is 3.47. The van der Waals surface area contributed by atoms with Gasteiger partial charge in [-0.1, -0.05) is 28.1 Å². The zero-order chi connectivity index (χ0) is 21.4. The lowest BCUT2D eigenvalue weighted by Crippen LogP contribution is -2.31. The number of nitrogens with zero attached hydrogens (tertiary/aromatic N) is 4. The summed E-state index contributed by atoms with van der Waals surface area (Å²) in [7, 11) is 0. The minimum atomic E-state index is -0.475. The average Bonchev–Trinajstić information content (AvgIpc) is 3.44. The highest BCUT2D eigenvalue weighted by atomic mass is 79.9. The third-order valence-electron chi connectivity index (χ3n) is 4.94. The standard InChI is InChI=1S/C22H17BrN6O2/c1-13-18(21(30)26-16-4-2-10-24-12-16)19(14-6-8-15(23)9-7-14)29-22(25-13)27-20(28-29)17-5-3-11-31-17/h2-12,19H,1H3,(H,26,30)(H,25,27,28)/t19-/m0/s1. The molecule has 0 unspecified atom stereocenters. The second-order valence-corrected chi connectivity index (χ2v) is 7.91. The summed E-state index contributed by atoms with van der Waals surface area (Å²) in [5.41, 5.74) is 2.75. The van der Waals surface area contributed by atoms with Gasteiger partial charge in [0.2, 0.25) is 11.8 Å². The van der Waals surface area contributed by atoms with Crippen LogP contribution in [0.25, 0.3) is 11.6 Å². The third kappa shape index (κ3) is 3.64. The Balaban J connectivity index is 1.60. The van der Waals surface area contributed by atoms with E-state index in [-0.39, 0.29) is 5.91 Å². The molecule has 4 aromatic rings. The number of allylic oxidation sites excluding steroid dienone is 1. The molecule has 154 valence electrons. The number of hydrogen-bond donors (Lipinski definition) is 2. The minimum absolute atomic E-state index is 0.244. The Morgan fingerprint density at radius 2 is 2.03 bits per heavy atom. The molecule has 0 aliphatic carbocycles. The molecule has 8 nitrogen and oxygen atoms in total. The van der Waals surface area contributed by atoms with Crippen molar-refractivity contribution in [1.82, 2.24) is 19.7 Å². The van der Waals surface area contributed by atoms with Gasteiger partial charge in [0.15, 0.2) is 5.76 Å². The number of nitrogens with one attached hydrogen (secondary N) is 2. The molecule has 1 aliphatic rings. The fourth-order valence-electron chi connectivity index (χ4n) is 3.54. The highest BCUT2D eigenvalue weighted by molar-refractivity contribution is 9.10. The highest BCUT2D eigenvalue weighted by Crippen LogP contribution is 2.37.